The van der Waals surface area contributed by atoms with Crippen molar-refractivity contribution in [2.45, 2.75) is 26.2 Å². The molecule has 0 radical (unpaired) electrons. The Balaban J connectivity index is 1.87. The molecular formula is C12H18ClN3O. The Morgan fingerprint density at radius 2 is 2.41 bits per heavy atom. The first-order valence-electron chi connectivity index (χ1n) is 6.12. The van der Waals surface area contributed by atoms with Gasteiger partial charge in [0.15, 0.2) is 0 Å². The monoisotopic (exact) mass is 255 g/mol. The number of ether oxygens (including phenoxy) is 1. The maximum absolute atomic E-state index is 6.02. The van der Waals surface area contributed by atoms with Crippen LogP contribution in [0.2, 0.25) is 5.15 Å². The lowest BCUT2D eigenvalue weighted by Crippen LogP contribution is -2.11. The Bertz CT molecular complexity index is 367. The molecule has 17 heavy (non-hydrogen) atoms. The van der Waals surface area contributed by atoms with Gasteiger partial charge >= 0.3 is 0 Å². The highest BCUT2D eigenvalue weighted by atomic mass is 35.5. The molecule has 2 heterocycles. The van der Waals surface area contributed by atoms with Crippen molar-refractivity contribution in [1.29, 1.82) is 0 Å². The maximum Gasteiger partial charge on any atom is 0.137 e. The molecule has 0 bridgehead atoms. The lowest BCUT2D eigenvalue weighted by molar-refractivity contribution is 0.185. The summed E-state index contributed by atoms with van der Waals surface area (Å²) in [5.74, 6) is 1.55. The van der Waals surface area contributed by atoms with Gasteiger partial charge in [0.25, 0.3) is 0 Å². The number of anilines is 1. The van der Waals surface area contributed by atoms with Gasteiger partial charge in [-0.05, 0) is 25.2 Å². The van der Waals surface area contributed by atoms with Crippen LogP contribution in [0.4, 0.5) is 5.82 Å². The van der Waals surface area contributed by atoms with Crippen molar-refractivity contribution in [1.82, 2.24) is 9.97 Å². The summed E-state index contributed by atoms with van der Waals surface area (Å²) >= 11 is 6.02. The van der Waals surface area contributed by atoms with Gasteiger partial charge in [-0.2, -0.15) is 0 Å². The Kier molecular flexibility index (Phi) is 4.57. The molecule has 1 N–H and O–H groups in total. The zero-order valence-corrected chi connectivity index (χ0v) is 10.8. The van der Waals surface area contributed by atoms with Crippen LogP contribution in [0.15, 0.2) is 6.33 Å². The molecule has 0 amide bonds. The normalized spacial score (nSPS) is 19.5. The molecule has 0 aromatic carbocycles. The van der Waals surface area contributed by atoms with Gasteiger partial charge in [0, 0.05) is 25.3 Å². The molecular weight excluding hydrogens is 238 g/mol. The van der Waals surface area contributed by atoms with Gasteiger partial charge in [-0.25, -0.2) is 9.97 Å². The Labute approximate surface area is 107 Å². The molecule has 4 nitrogen and oxygen atoms in total. The van der Waals surface area contributed by atoms with Gasteiger partial charge in [0.1, 0.15) is 17.3 Å². The fraction of sp³-hybridized carbons (Fsp3) is 0.667. The average molecular weight is 256 g/mol. The predicted molar refractivity (Wildman–Crippen MR) is 68.5 cm³/mol. The summed E-state index contributed by atoms with van der Waals surface area (Å²) < 4.78 is 5.35. The molecule has 1 atom stereocenters. The van der Waals surface area contributed by atoms with Crippen molar-refractivity contribution < 1.29 is 4.74 Å². The third kappa shape index (κ3) is 3.30. The van der Waals surface area contributed by atoms with Gasteiger partial charge in [-0.1, -0.05) is 18.5 Å². The van der Waals surface area contributed by atoms with Crippen molar-refractivity contribution in [2.75, 3.05) is 25.1 Å². The summed E-state index contributed by atoms with van der Waals surface area (Å²) in [6, 6.07) is 0. The van der Waals surface area contributed by atoms with E-state index < -0.39 is 0 Å². The Hall–Kier alpha value is -0.870. The highest BCUT2D eigenvalue weighted by Crippen LogP contribution is 2.21. The third-order valence-electron chi connectivity index (χ3n) is 3.12. The van der Waals surface area contributed by atoms with Gasteiger partial charge in [-0.3, -0.25) is 0 Å². The number of nitrogens with zero attached hydrogens (tertiary/aromatic N) is 2. The van der Waals surface area contributed by atoms with E-state index in [-0.39, 0.29) is 0 Å². The summed E-state index contributed by atoms with van der Waals surface area (Å²) in [5.41, 5.74) is 0.997. The van der Waals surface area contributed by atoms with E-state index in [4.69, 9.17) is 16.3 Å². The van der Waals surface area contributed by atoms with Crippen LogP contribution in [-0.4, -0.2) is 29.7 Å². The van der Waals surface area contributed by atoms with E-state index >= 15 is 0 Å². The highest BCUT2D eigenvalue weighted by Gasteiger charge is 2.15. The molecule has 1 fully saturated rings. The smallest absolute Gasteiger partial charge is 0.137 e. The number of hydrogen-bond donors (Lipinski definition) is 1. The number of aromatic nitrogens is 2. The van der Waals surface area contributed by atoms with Crippen LogP contribution in [0.5, 0.6) is 0 Å². The number of rotatable bonds is 5. The number of hydrogen-bond acceptors (Lipinski definition) is 4. The van der Waals surface area contributed by atoms with Crippen LogP contribution in [-0.2, 0) is 11.2 Å². The second-order valence-electron chi connectivity index (χ2n) is 4.29. The van der Waals surface area contributed by atoms with Gasteiger partial charge in [0.2, 0.25) is 0 Å². The SMILES string of the molecule is CCc1c(Cl)ncnc1NCCC1CCOC1. The van der Waals surface area contributed by atoms with E-state index in [1.807, 2.05) is 0 Å². The molecule has 1 aromatic rings. The minimum absolute atomic E-state index is 0.550. The maximum atomic E-state index is 6.02. The summed E-state index contributed by atoms with van der Waals surface area (Å²) in [5, 5.41) is 3.89. The zero-order valence-electron chi connectivity index (χ0n) is 10.1. The van der Waals surface area contributed by atoms with Crippen molar-refractivity contribution in [3.63, 3.8) is 0 Å². The summed E-state index contributed by atoms with van der Waals surface area (Å²) in [7, 11) is 0. The summed E-state index contributed by atoms with van der Waals surface area (Å²) in [6.07, 6.45) is 4.63. The van der Waals surface area contributed by atoms with E-state index in [2.05, 4.69) is 22.2 Å². The number of halogens is 1. The van der Waals surface area contributed by atoms with Crippen LogP contribution in [0, 0.1) is 5.92 Å². The molecule has 94 valence electrons. The Morgan fingerprint density at radius 1 is 1.53 bits per heavy atom. The van der Waals surface area contributed by atoms with Gasteiger partial charge in [-0.15, -0.1) is 0 Å². The second-order valence-corrected chi connectivity index (χ2v) is 4.65. The molecule has 0 spiro atoms. The molecule has 5 heteroatoms. The molecule has 1 aromatic heterocycles. The fourth-order valence-corrected chi connectivity index (χ4v) is 2.33. The quantitative estimate of drug-likeness (QED) is 0.822. The number of nitrogens with one attached hydrogen (secondary N) is 1. The first-order valence-corrected chi connectivity index (χ1v) is 6.50. The van der Waals surface area contributed by atoms with E-state index in [9.17, 15) is 0 Å². The summed E-state index contributed by atoms with van der Waals surface area (Å²) in [4.78, 5) is 8.23. The topological polar surface area (TPSA) is 47.0 Å². The molecule has 1 unspecified atom stereocenters. The van der Waals surface area contributed by atoms with Crippen LogP contribution < -0.4 is 5.32 Å². The standard InChI is InChI=1S/C12H18ClN3O/c1-2-10-11(13)15-8-16-12(10)14-5-3-9-4-6-17-7-9/h8-9H,2-7H2,1H3,(H,14,15,16). The lowest BCUT2D eigenvalue weighted by atomic mass is 10.1. The fourth-order valence-electron chi connectivity index (χ4n) is 2.06. The van der Waals surface area contributed by atoms with Crippen LogP contribution in [0.3, 0.4) is 0 Å². The van der Waals surface area contributed by atoms with E-state index in [1.54, 1.807) is 0 Å². The van der Waals surface area contributed by atoms with E-state index in [0.29, 0.717) is 11.1 Å². The minimum atomic E-state index is 0.550. The van der Waals surface area contributed by atoms with Crippen molar-refractivity contribution >= 4 is 17.4 Å². The van der Waals surface area contributed by atoms with E-state index in [1.165, 1.54) is 12.7 Å². The summed E-state index contributed by atoms with van der Waals surface area (Å²) in [6.45, 7) is 4.77. The lowest BCUT2D eigenvalue weighted by Gasteiger charge is -2.12. The largest absolute Gasteiger partial charge is 0.381 e. The van der Waals surface area contributed by atoms with Gasteiger partial charge < -0.3 is 10.1 Å². The predicted octanol–water partition coefficient (Wildman–Crippen LogP) is 2.53. The molecule has 2 rings (SSSR count). The van der Waals surface area contributed by atoms with Gasteiger partial charge in [0.05, 0.1) is 0 Å². The molecule has 0 saturated carbocycles. The van der Waals surface area contributed by atoms with Crippen molar-refractivity contribution in [3.05, 3.63) is 17.0 Å². The van der Waals surface area contributed by atoms with Crippen molar-refractivity contribution in [3.8, 4) is 0 Å². The van der Waals surface area contributed by atoms with Crippen LogP contribution in [0.25, 0.3) is 0 Å². The molecule has 1 aliphatic rings. The zero-order chi connectivity index (χ0) is 12.1. The van der Waals surface area contributed by atoms with E-state index in [0.717, 1.165) is 44.0 Å². The second kappa shape index (κ2) is 6.17. The molecule has 1 aliphatic heterocycles. The highest BCUT2D eigenvalue weighted by molar-refractivity contribution is 6.30. The minimum Gasteiger partial charge on any atom is -0.381 e. The van der Waals surface area contributed by atoms with Crippen LogP contribution >= 0.6 is 11.6 Å². The van der Waals surface area contributed by atoms with Crippen molar-refractivity contribution in [2.24, 2.45) is 5.92 Å². The Morgan fingerprint density at radius 3 is 3.12 bits per heavy atom. The van der Waals surface area contributed by atoms with Crippen LogP contribution in [0.1, 0.15) is 25.3 Å². The molecule has 0 aliphatic carbocycles. The first-order chi connectivity index (χ1) is 8.31. The molecule has 1 saturated heterocycles. The third-order valence-corrected chi connectivity index (χ3v) is 3.44. The first kappa shape index (κ1) is 12.6. The average Bonchev–Trinajstić information content (AvgIpc) is 2.82.